The van der Waals surface area contributed by atoms with Gasteiger partial charge in [-0.3, -0.25) is 4.79 Å². The van der Waals surface area contributed by atoms with Crippen molar-refractivity contribution in [2.24, 2.45) is 0 Å². The number of thiophene rings is 1. The maximum atomic E-state index is 12.3. The molecule has 3 aromatic rings. The van der Waals surface area contributed by atoms with Crippen LogP contribution >= 0.6 is 22.7 Å². The second-order valence-electron chi connectivity index (χ2n) is 6.19. The summed E-state index contributed by atoms with van der Waals surface area (Å²) in [6.45, 7) is 3.06. The quantitative estimate of drug-likeness (QED) is 0.683. The molecule has 5 nitrogen and oxygen atoms in total. The number of aromatic nitrogens is 3. The van der Waals surface area contributed by atoms with Gasteiger partial charge in [0, 0.05) is 29.2 Å². The first-order valence-corrected chi connectivity index (χ1v) is 10.3. The number of hydrogen-bond acceptors (Lipinski definition) is 6. The molecule has 1 unspecified atom stereocenters. The highest BCUT2D eigenvalue weighted by Crippen LogP contribution is 2.30. The van der Waals surface area contributed by atoms with E-state index < -0.39 is 0 Å². The van der Waals surface area contributed by atoms with E-state index in [0.717, 1.165) is 43.1 Å². The van der Waals surface area contributed by atoms with Crippen molar-refractivity contribution in [1.29, 1.82) is 0 Å². The number of anilines is 1. The summed E-state index contributed by atoms with van der Waals surface area (Å²) in [6, 6.07) is 6.12. The minimum atomic E-state index is -0.0826. The van der Waals surface area contributed by atoms with E-state index in [0.29, 0.717) is 11.0 Å². The molecule has 3 aromatic heterocycles. The molecular weight excluding hydrogens is 352 g/mol. The summed E-state index contributed by atoms with van der Waals surface area (Å²) in [6.07, 6.45) is 8.50. The Hall–Kier alpha value is -1.99. The van der Waals surface area contributed by atoms with Crippen molar-refractivity contribution in [3.63, 3.8) is 0 Å². The van der Waals surface area contributed by atoms with Crippen molar-refractivity contribution in [1.82, 2.24) is 14.6 Å². The zero-order chi connectivity index (χ0) is 17.2. The summed E-state index contributed by atoms with van der Waals surface area (Å²) < 4.78 is 1.44. The maximum absolute atomic E-state index is 12.3. The van der Waals surface area contributed by atoms with Crippen molar-refractivity contribution in [2.45, 2.75) is 38.6 Å². The van der Waals surface area contributed by atoms with E-state index in [2.05, 4.69) is 51.6 Å². The Bertz CT molecular complexity index is 942. The third-order valence-corrected chi connectivity index (χ3v) is 6.15. The molecule has 25 heavy (non-hydrogen) atoms. The molecule has 0 radical (unpaired) electrons. The van der Waals surface area contributed by atoms with Crippen LogP contribution in [0.2, 0.25) is 0 Å². The fourth-order valence-electron chi connectivity index (χ4n) is 3.17. The van der Waals surface area contributed by atoms with Crippen LogP contribution in [-0.2, 0) is 6.42 Å². The maximum Gasteiger partial charge on any atom is 0.275 e. The lowest BCUT2D eigenvalue weighted by atomic mass is 10.2. The Morgan fingerprint density at radius 2 is 2.36 bits per heavy atom. The predicted molar refractivity (Wildman–Crippen MR) is 105 cm³/mol. The first-order chi connectivity index (χ1) is 12.2. The van der Waals surface area contributed by atoms with Crippen molar-refractivity contribution in [3.8, 4) is 0 Å². The van der Waals surface area contributed by atoms with Gasteiger partial charge < -0.3 is 4.90 Å². The van der Waals surface area contributed by atoms with Gasteiger partial charge in [0.25, 0.3) is 5.56 Å². The van der Waals surface area contributed by atoms with Gasteiger partial charge in [0.15, 0.2) is 0 Å². The fourth-order valence-corrected chi connectivity index (χ4v) is 4.81. The third kappa shape index (κ3) is 3.39. The topological polar surface area (TPSA) is 50.5 Å². The minimum Gasteiger partial charge on any atom is -0.340 e. The molecule has 130 valence electrons. The molecule has 0 bridgehead atoms. The van der Waals surface area contributed by atoms with Gasteiger partial charge >= 0.3 is 0 Å². The van der Waals surface area contributed by atoms with Gasteiger partial charge in [-0.2, -0.15) is 4.52 Å². The van der Waals surface area contributed by atoms with E-state index >= 15 is 0 Å². The van der Waals surface area contributed by atoms with Gasteiger partial charge in [-0.25, -0.2) is 4.98 Å². The Morgan fingerprint density at radius 1 is 1.44 bits per heavy atom. The van der Waals surface area contributed by atoms with Crippen LogP contribution in [0.3, 0.4) is 0 Å². The third-order valence-electron chi connectivity index (χ3n) is 4.36. The second-order valence-corrected chi connectivity index (χ2v) is 8.11. The Labute approximate surface area is 154 Å². The van der Waals surface area contributed by atoms with Gasteiger partial charge in [0.1, 0.15) is 0 Å². The lowest BCUT2D eigenvalue weighted by Gasteiger charge is -2.20. The van der Waals surface area contributed by atoms with Gasteiger partial charge in [0.2, 0.25) is 10.1 Å². The van der Waals surface area contributed by atoms with E-state index in [1.165, 1.54) is 20.7 Å². The molecule has 1 atom stereocenters. The second kappa shape index (κ2) is 7.09. The van der Waals surface area contributed by atoms with Crippen LogP contribution in [0.15, 0.2) is 34.4 Å². The Morgan fingerprint density at radius 3 is 3.16 bits per heavy atom. The highest BCUT2D eigenvalue weighted by molar-refractivity contribution is 7.20. The SMILES string of the molecule is CCCc1cc(=O)n2nc(N3CCCC3/C=C/c3cccs3)sc2n1. The summed E-state index contributed by atoms with van der Waals surface area (Å²) in [5.41, 5.74) is 0.777. The van der Waals surface area contributed by atoms with Crippen LogP contribution in [-0.4, -0.2) is 27.2 Å². The molecule has 0 N–H and O–H groups in total. The molecule has 1 aliphatic heterocycles. The number of hydrogen-bond donors (Lipinski definition) is 0. The van der Waals surface area contributed by atoms with Crippen LogP contribution in [0.1, 0.15) is 36.8 Å². The summed E-state index contributed by atoms with van der Waals surface area (Å²) >= 11 is 3.25. The molecule has 0 spiro atoms. The van der Waals surface area contributed by atoms with Crippen LogP contribution in [0.5, 0.6) is 0 Å². The molecule has 1 fully saturated rings. The molecule has 0 saturated carbocycles. The average molecular weight is 373 g/mol. The monoisotopic (exact) mass is 372 g/mol. The van der Waals surface area contributed by atoms with Gasteiger partial charge in [-0.1, -0.05) is 36.8 Å². The van der Waals surface area contributed by atoms with E-state index in [1.807, 2.05) is 0 Å². The molecule has 4 rings (SSSR count). The average Bonchev–Trinajstić information content (AvgIpc) is 3.33. The highest BCUT2D eigenvalue weighted by Gasteiger charge is 2.26. The van der Waals surface area contributed by atoms with Crippen molar-refractivity contribution >= 4 is 38.8 Å². The van der Waals surface area contributed by atoms with Gasteiger partial charge in [0.05, 0.1) is 0 Å². The first kappa shape index (κ1) is 16.5. The van der Waals surface area contributed by atoms with Gasteiger partial charge in [-0.05, 0) is 36.8 Å². The number of aryl methyl sites for hydroxylation is 1. The van der Waals surface area contributed by atoms with Crippen LogP contribution in [0.4, 0.5) is 5.13 Å². The molecule has 1 aliphatic rings. The summed E-state index contributed by atoms with van der Waals surface area (Å²) in [4.78, 5) is 21.2. The van der Waals surface area contributed by atoms with Crippen LogP contribution in [0.25, 0.3) is 11.0 Å². The Balaban J connectivity index is 1.63. The van der Waals surface area contributed by atoms with Crippen LogP contribution in [0, 0.1) is 0 Å². The van der Waals surface area contributed by atoms with Crippen molar-refractivity contribution in [3.05, 3.63) is 50.6 Å². The molecule has 0 aliphatic carbocycles. The minimum absolute atomic E-state index is 0.0826. The summed E-state index contributed by atoms with van der Waals surface area (Å²) in [5.74, 6) is 0. The van der Waals surface area contributed by atoms with Crippen molar-refractivity contribution in [2.75, 3.05) is 11.4 Å². The van der Waals surface area contributed by atoms with E-state index in [1.54, 1.807) is 17.4 Å². The smallest absolute Gasteiger partial charge is 0.275 e. The summed E-state index contributed by atoms with van der Waals surface area (Å²) in [5, 5.41) is 7.52. The lowest BCUT2D eigenvalue weighted by Crippen LogP contribution is -2.27. The highest BCUT2D eigenvalue weighted by atomic mass is 32.1. The molecular formula is C18H20N4OS2. The van der Waals surface area contributed by atoms with E-state index in [9.17, 15) is 4.79 Å². The zero-order valence-corrected chi connectivity index (χ0v) is 15.7. The summed E-state index contributed by atoms with van der Waals surface area (Å²) in [7, 11) is 0. The van der Waals surface area contributed by atoms with E-state index in [-0.39, 0.29) is 5.56 Å². The zero-order valence-electron chi connectivity index (χ0n) is 14.1. The molecule has 4 heterocycles. The predicted octanol–water partition coefficient (Wildman–Crippen LogP) is 3.85. The molecule has 1 saturated heterocycles. The lowest BCUT2D eigenvalue weighted by molar-refractivity contribution is 0.782. The number of fused-ring (bicyclic) bond motifs is 1. The Kier molecular flexibility index (Phi) is 4.67. The van der Waals surface area contributed by atoms with Gasteiger partial charge in [-0.15, -0.1) is 16.4 Å². The number of rotatable bonds is 5. The number of nitrogens with zero attached hydrogens (tertiary/aromatic N) is 4. The van der Waals surface area contributed by atoms with Crippen molar-refractivity contribution < 1.29 is 0 Å². The first-order valence-electron chi connectivity index (χ1n) is 8.63. The molecule has 0 aromatic carbocycles. The van der Waals surface area contributed by atoms with E-state index in [4.69, 9.17) is 0 Å². The molecule has 7 heteroatoms. The largest absolute Gasteiger partial charge is 0.340 e. The standard InChI is InChI=1S/C18H20N4OS2/c1-2-5-13-12-16(23)22-17(19-13)25-18(20-22)21-10-3-6-14(21)8-9-15-7-4-11-24-15/h4,7-9,11-12,14H,2-3,5-6,10H2,1H3/b9-8+. The normalized spacial score (nSPS) is 18.0. The molecule has 0 amide bonds. The van der Waals surface area contributed by atoms with Crippen LogP contribution < -0.4 is 10.5 Å². The fraction of sp³-hybridized carbons (Fsp3) is 0.389.